The van der Waals surface area contributed by atoms with Gasteiger partial charge in [0.05, 0.1) is 38.2 Å². The lowest BCUT2D eigenvalue weighted by molar-refractivity contribution is -0.139. The molecule has 0 spiro atoms. The standard InChI is InChI=1S/C18H16FNO7/c1-25-16(22)10-8-12(19)15(21)13(9-10)20-7-5-4-6-11(17(23)26-2)14(20)18(24)27-3/h4-9,21H,1-3H3. The van der Waals surface area contributed by atoms with Crippen LogP contribution in [0.4, 0.5) is 10.1 Å². The van der Waals surface area contributed by atoms with Crippen LogP contribution in [0.1, 0.15) is 10.4 Å². The van der Waals surface area contributed by atoms with Gasteiger partial charge in [0.2, 0.25) is 0 Å². The fraction of sp³-hybridized carbons (Fsp3) is 0.167. The van der Waals surface area contributed by atoms with Crippen LogP contribution in [0, 0.1) is 5.82 Å². The zero-order valence-corrected chi connectivity index (χ0v) is 14.7. The number of phenolic OH excluding ortho intramolecular Hbond substituents is 1. The molecule has 1 aliphatic rings. The Morgan fingerprint density at radius 1 is 0.963 bits per heavy atom. The maximum absolute atomic E-state index is 14.2. The first kappa shape index (κ1) is 19.7. The monoisotopic (exact) mass is 377 g/mol. The number of phenols is 1. The van der Waals surface area contributed by atoms with Crippen LogP contribution < -0.4 is 4.90 Å². The Hall–Kier alpha value is -3.62. The van der Waals surface area contributed by atoms with Gasteiger partial charge in [-0.2, -0.15) is 0 Å². The molecule has 0 unspecified atom stereocenters. The number of nitrogens with zero attached hydrogens (tertiary/aromatic N) is 1. The number of allylic oxidation sites excluding steroid dienone is 2. The van der Waals surface area contributed by atoms with E-state index in [4.69, 9.17) is 4.74 Å². The molecule has 142 valence electrons. The summed E-state index contributed by atoms with van der Waals surface area (Å²) in [4.78, 5) is 37.2. The molecule has 0 bridgehead atoms. The van der Waals surface area contributed by atoms with Crippen LogP contribution in [0.3, 0.4) is 0 Å². The maximum Gasteiger partial charge on any atom is 0.355 e. The summed E-state index contributed by atoms with van der Waals surface area (Å²) >= 11 is 0. The minimum Gasteiger partial charge on any atom is -0.503 e. The lowest BCUT2D eigenvalue weighted by atomic mass is 10.1. The van der Waals surface area contributed by atoms with E-state index in [0.717, 1.165) is 38.4 Å². The molecule has 0 radical (unpaired) electrons. The first-order chi connectivity index (χ1) is 12.8. The van der Waals surface area contributed by atoms with E-state index in [1.54, 1.807) is 0 Å². The van der Waals surface area contributed by atoms with Gasteiger partial charge in [0.25, 0.3) is 0 Å². The molecule has 0 aromatic heterocycles. The highest BCUT2D eigenvalue weighted by Crippen LogP contribution is 2.36. The molecule has 0 atom stereocenters. The number of anilines is 1. The van der Waals surface area contributed by atoms with E-state index in [-0.39, 0.29) is 22.5 Å². The minimum absolute atomic E-state index is 0.197. The molecule has 9 heteroatoms. The number of methoxy groups -OCH3 is 3. The van der Waals surface area contributed by atoms with Crippen LogP contribution in [-0.2, 0) is 23.8 Å². The highest BCUT2D eigenvalue weighted by Gasteiger charge is 2.30. The van der Waals surface area contributed by atoms with Crippen LogP contribution >= 0.6 is 0 Å². The largest absolute Gasteiger partial charge is 0.503 e. The van der Waals surface area contributed by atoms with Crippen molar-refractivity contribution in [3.05, 3.63) is 59.2 Å². The van der Waals surface area contributed by atoms with E-state index in [0.29, 0.717) is 0 Å². The Balaban J connectivity index is 2.78. The van der Waals surface area contributed by atoms with Crippen molar-refractivity contribution in [1.82, 2.24) is 0 Å². The van der Waals surface area contributed by atoms with Crippen molar-refractivity contribution in [2.24, 2.45) is 0 Å². The van der Waals surface area contributed by atoms with E-state index < -0.39 is 29.5 Å². The second-order valence-electron chi connectivity index (χ2n) is 5.13. The van der Waals surface area contributed by atoms with Gasteiger partial charge in [-0.3, -0.25) is 0 Å². The van der Waals surface area contributed by atoms with Gasteiger partial charge in [-0.15, -0.1) is 0 Å². The molecule has 8 nitrogen and oxygen atoms in total. The average Bonchev–Trinajstić information content (AvgIpc) is 2.90. The van der Waals surface area contributed by atoms with Gasteiger partial charge in [0.1, 0.15) is 5.70 Å². The van der Waals surface area contributed by atoms with Gasteiger partial charge in [0, 0.05) is 6.20 Å². The Kier molecular flexibility index (Phi) is 5.96. The molecule has 1 heterocycles. The number of hydrogen-bond acceptors (Lipinski definition) is 8. The van der Waals surface area contributed by atoms with E-state index >= 15 is 0 Å². The highest BCUT2D eigenvalue weighted by molar-refractivity contribution is 6.06. The quantitative estimate of drug-likeness (QED) is 0.626. The molecular weight excluding hydrogens is 361 g/mol. The zero-order chi connectivity index (χ0) is 20.1. The molecular formula is C18H16FNO7. The van der Waals surface area contributed by atoms with Gasteiger partial charge in [0.15, 0.2) is 11.6 Å². The molecule has 2 rings (SSSR count). The van der Waals surface area contributed by atoms with Crippen LogP contribution in [0.15, 0.2) is 47.8 Å². The van der Waals surface area contributed by atoms with Gasteiger partial charge in [-0.05, 0) is 24.3 Å². The van der Waals surface area contributed by atoms with Gasteiger partial charge < -0.3 is 24.2 Å². The summed E-state index contributed by atoms with van der Waals surface area (Å²) in [7, 11) is 3.32. The average molecular weight is 377 g/mol. The summed E-state index contributed by atoms with van der Waals surface area (Å²) in [6.45, 7) is 0. The lowest BCUT2D eigenvalue weighted by Crippen LogP contribution is -2.27. The molecule has 0 saturated carbocycles. The summed E-state index contributed by atoms with van der Waals surface area (Å²) in [5.41, 5.74) is -1.03. The van der Waals surface area contributed by atoms with E-state index in [9.17, 15) is 23.9 Å². The number of ether oxygens (including phenoxy) is 3. The van der Waals surface area contributed by atoms with E-state index in [1.165, 1.54) is 24.4 Å². The number of hydrogen-bond donors (Lipinski definition) is 1. The number of benzene rings is 1. The Labute approximate surface area is 153 Å². The normalized spacial score (nSPS) is 13.3. The molecule has 0 fully saturated rings. The van der Waals surface area contributed by atoms with Crippen molar-refractivity contribution >= 4 is 23.6 Å². The molecule has 1 aromatic rings. The Bertz CT molecular complexity index is 886. The summed E-state index contributed by atoms with van der Waals surface area (Å²) in [6.07, 6.45) is 5.45. The van der Waals surface area contributed by atoms with Crippen molar-refractivity contribution in [2.45, 2.75) is 0 Å². The number of esters is 3. The fourth-order valence-corrected chi connectivity index (χ4v) is 2.36. The Morgan fingerprint density at radius 3 is 2.19 bits per heavy atom. The predicted octanol–water partition coefficient (Wildman–Crippen LogP) is 1.81. The van der Waals surface area contributed by atoms with E-state index in [2.05, 4.69) is 9.47 Å². The molecule has 1 aromatic carbocycles. The van der Waals surface area contributed by atoms with Crippen LogP contribution in [-0.4, -0.2) is 44.3 Å². The number of halogens is 1. The van der Waals surface area contributed by atoms with Gasteiger partial charge in [-0.1, -0.05) is 6.08 Å². The first-order valence-corrected chi connectivity index (χ1v) is 7.51. The van der Waals surface area contributed by atoms with Crippen molar-refractivity contribution in [3.63, 3.8) is 0 Å². The molecule has 27 heavy (non-hydrogen) atoms. The third-order valence-corrected chi connectivity index (χ3v) is 3.61. The predicted molar refractivity (Wildman–Crippen MR) is 91.2 cm³/mol. The molecule has 0 saturated heterocycles. The topological polar surface area (TPSA) is 102 Å². The van der Waals surface area contributed by atoms with Gasteiger partial charge in [-0.25, -0.2) is 18.8 Å². The molecule has 0 amide bonds. The SMILES string of the molecule is COC(=O)C1=C(C(=O)OC)N(c2cc(C(=O)OC)cc(F)c2O)C=CC=C1. The summed E-state index contributed by atoms with van der Waals surface area (Å²) in [5, 5.41) is 10.2. The number of carbonyl (C=O) groups is 3. The van der Waals surface area contributed by atoms with Crippen LogP contribution in [0.2, 0.25) is 0 Å². The summed E-state index contributed by atoms with van der Waals surface area (Å²) in [6, 6.07) is 1.89. The molecule has 0 aliphatic carbocycles. The van der Waals surface area contributed by atoms with Crippen molar-refractivity contribution in [1.29, 1.82) is 0 Å². The van der Waals surface area contributed by atoms with E-state index in [1.807, 2.05) is 0 Å². The Morgan fingerprint density at radius 2 is 1.59 bits per heavy atom. The minimum atomic E-state index is -1.12. The molecule has 1 N–H and O–H groups in total. The number of rotatable bonds is 4. The van der Waals surface area contributed by atoms with Crippen LogP contribution in [0.25, 0.3) is 0 Å². The fourth-order valence-electron chi connectivity index (χ4n) is 2.36. The molecule has 1 aliphatic heterocycles. The zero-order valence-electron chi connectivity index (χ0n) is 14.7. The summed E-state index contributed by atoms with van der Waals surface area (Å²) in [5.74, 6) is -4.63. The summed E-state index contributed by atoms with van der Waals surface area (Å²) < 4.78 is 28.1. The van der Waals surface area contributed by atoms with Gasteiger partial charge >= 0.3 is 17.9 Å². The second kappa shape index (κ2) is 8.17. The van der Waals surface area contributed by atoms with Crippen molar-refractivity contribution in [3.8, 4) is 5.75 Å². The maximum atomic E-state index is 14.2. The third-order valence-electron chi connectivity index (χ3n) is 3.61. The number of carbonyl (C=O) groups excluding carboxylic acids is 3. The lowest BCUT2D eigenvalue weighted by Gasteiger charge is -2.24. The van der Waals surface area contributed by atoms with Crippen molar-refractivity contribution in [2.75, 3.05) is 26.2 Å². The van der Waals surface area contributed by atoms with Crippen LogP contribution in [0.5, 0.6) is 5.75 Å². The third kappa shape index (κ3) is 3.81. The smallest absolute Gasteiger partial charge is 0.355 e. The van der Waals surface area contributed by atoms with Crippen molar-refractivity contribution < 1.29 is 38.1 Å². The first-order valence-electron chi connectivity index (χ1n) is 7.51. The number of aromatic hydroxyl groups is 1. The highest BCUT2D eigenvalue weighted by atomic mass is 19.1. The second-order valence-corrected chi connectivity index (χ2v) is 5.13.